The summed E-state index contributed by atoms with van der Waals surface area (Å²) in [5.74, 6) is -0.134. The van der Waals surface area contributed by atoms with Gasteiger partial charge in [0.25, 0.3) is 5.91 Å². The highest BCUT2D eigenvalue weighted by Crippen LogP contribution is 2.25. The highest BCUT2D eigenvalue weighted by atomic mass is 35.5. The molecule has 0 fully saturated rings. The molecule has 5 nitrogen and oxygen atoms in total. The molecule has 1 N–H and O–H groups in total. The molecular formula is C15H19ClN4OS. The molecule has 0 spiro atoms. The Balaban J connectivity index is 2.10. The lowest BCUT2D eigenvalue weighted by atomic mass is 10.1. The average molecular weight is 339 g/mol. The lowest BCUT2D eigenvalue weighted by molar-refractivity contribution is 0.0945. The van der Waals surface area contributed by atoms with E-state index in [1.807, 2.05) is 50.2 Å². The monoisotopic (exact) mass is 338 g/mol. The molecule has 1 atom stereocenters. The summed E-state index contributed by atoms with van der Waals surface area (Å²) in [4.78, 5) is 14.9. The van der Waals surface area contributed by atoms with Crippen LogP contribution >= 0.6 is 23.1 Å². The minimum atomic E-state index is -0.134. The second kappa shape index (κ2) is 7.67. The zero-order valence-corrected chi connectivity index (χ0v) is 14.4. The van der Waals surface area contributed by atoms with Crippen LogP contribution < -0.4 is 5.32 Å². The third kappa shape index (κ3) is 3.82. The van der Waals surface area contributed by atoms with Gasteiger partial charge in [-0.2, -0.15) is 0 Å². The van der Waals surface area contributed by atoms with E-state index in [2.05, 4.69) is 14.9 Å². The molecule has 118 valence electrons. The number of hydrogen-bond acceptors (Lipinski definition) is 5. The van der Waals surface area contributed by atoms with Gasteiger partial charge < -0.3 is 10.2 Å². The van der Waals surface area contributed by atoms with Gasteiger partial charge in [0.05, 0.1) is 11.7 Å². The van der Waals surface area contributed by atoms with Crippen LogP contribution in [0.15, 0.2) is 24.3 Å². The lowest BCUT2D eigenvalue weighted by Gasteiger charge is -2.25. The highest BCUT2D eigenvalue weighted by molar-refractivity contribution is 7.08. The van der Waals surface area contributed by atoms with E-state index in [9.17, 15) is 4.79 Å². The third-order valence-corrected chi connectivity index (χ3v) is 4.55. The first-order valence-corrected chi connectivity index (χ1v) is 8.20. The fourth-order valence-electron chi connectivity index (χ4n) is 2.20. The summed E-state index contributed by atoms with van der Waals surface area (Å²) >= 11 is 7.40. The summed E-state index contributed by atoms with van der Waals surface area (Å²) in [6.07, 6.45) is 0.695. The van der Waals surface area contributed by atoms with Crippen molar-refractivity contribution in [3.05, 3.63) is 45.4 Å². The topological polar surface area (TPSA) is 58.1 Å². The Bertz CT molecular complexity index is 644. The first kappa shape index (κ1) is 16.9. The molecular weight excluding hydrogens is 320 g/mol. The Morgan fingerprint density at radius 3 is 2.77 bits per heavy atom. The molecule has 0 radical (unpaired) electrons. The molecule has 7 heteroatoms. The number of aryl methyl sites for hydroxylation is 1. The maximum atomic E-state index is 12.3. The molecule has 1 aromatic heterocycles. The number of carbonyl (C=O) groups excluding carboxylic acids is 1. The number of rotatable bonds is 6. The molecule has 22 heavy (non-hydrogen) atoms. The molecule has 1 aromatic carbocycles. The molecule has 0 saturated heterocycles. The van der Waals surface area contributed by atoms with Crippen LogP contribution in [0.3, 0.4) is 0 Å². The van der Waals surface area contributed by atoms with Gasteiger partial charge in [0, 0.05) is 11.6 Å². The molecule has 0 aliphatic heterocycles. The molecule has 1 amide bonds. The SMILES string of the molecule is CCc1nnsc1C(=O)NC[C@@H](c1ccccc1Cl)N(C)C. The molecule has 0 unspecified atom stereocenters. The quantitative estimate of drug-likeness (QED) is 0.880. The van der Waals surface area contributed by atoms with Crippen molar-refractivity contribution in [2.75, 3.05) is 20.6 Å². The summed E-state index contributed by atoms with van der Waals surface area (Å²) < 4.78 is 3.85. The van der Waals surface area contributed by atoms with E-state index in [1.165, 1.54) is 0 Å². The Kier molecular flexibility index (Phi) is 5.88. The zero-order chi connectivity index (χ0) is 16.1. The Labute approximate surface area is 139 Å². The summed E-state index contributed by atoms with van der Waals surface area (Å²) in [5, 5.41) is 7.62. The fraction of sp³-hybridized carbons (Fsp3) is 0.400. The van der Waals surface area contributed by atoms with Gasteiger partial charge in [0.1, 0.15) is 4.88 Å². The van der Waals surface area contributed by atoms with E-state index in [1.54, 1.807) is 0 Å². The van der Waals surface area contributed by atoms with Crippen LogP contribution in [-0.2, 0) is 6.42 Å². The second-order valence-electron chi connectivity index (χ2n) is 5.11. The van der Waals surface area contributed by atoms with Crippen molar-refractivity contribution in [2.24, 2.45) is 0 Å². The van der Waals surface area contributed by atoms with Crippen LogP contribution in [0.1, 0.15) is 33.9 Å². The summed E-state index contributed by atoms with van der Waals surface area (Å²) in [7, 11) is 3.93. The smallest absolute Gasteiger partial charge is 0.265 e. The van der Waals surface area contributed by atoms with Gasteiger partial charge in [-0.05, 0) is 43.7 Å². The van der Waals surface area contributed by atoms with Crippen molar-refractivity contribution in [3.63, 3.8) is 0 Å². The van der Waals surface area contributed by atoms with Crippen LogP contribution in [0.4, 0.5) is 0 Å². The number of nitrogens with zero attached hydrogens (tertiary/aromatic N) is 3. The molecule has 2 rings (SSSR count). The standard InChI is InChI=1S/C15H19ClN4OS/c1-4-12-14(22-19-18-12)15(21)17-9-13(20(2)3)10-7-5-6-8-11(10)16/h5-8,13H,4,9H2,1-3H3,(H,17,21)/t13-/m0/s1. The van der Waals surface area contributed by atoms with Crippen molar-refractivity contribution in [1.29, 1.82) is 0 Å². The Morgan fingerprint density at radius 1 is 1.41 bits per heavy atom. The summed E-state index contributed by atoms with van der Waals surface area (Å²) in [5.41, 5.74) is 1.73. The minimum absolute atomic E-state index is 0.00334. The van der Waals surface area contributed by atoms with Crippen molar-refractivity contribution in [3.8, 4) is 0 Å². The van der Waals surface area contributed by atoms with Crippen LogP contribution in [0.5, 0.6) is 0 Å². The van der Waals surface area contributed by atoms with Crippen LogP contribution in [0.25, 0.3) is 0 Å². The molecule has 0 aliphatic rings. The second-order valence-corrected chi connectivity index (χ2v) is 6.27. The average Bonchev–Trinajstić information content (AvgIpc) is 2.97. The maximum Gasteiger partial charge on any atom is 0.265 e. The van der Waals surface area contributed by atoms with Crippen molar-refractivity contribution in [2.45, 2.75) is 19.4 Å². The summed E-state index contributed by atoms with van der Waals surface area (Å²) in [6, 6.07) is 7.68. The predicted molar refractivity (Wildman–Crippen MR) is 89.5 cm³/mol. The largest absolute Gasteiger partial charge is 0.349 e. The first-order chi connectivity index (χ1) is 10.5. The van der Waals surface area contributed by atoms with Crippen LogP contribution in [0, 0.1) is 0 Å². The van der Waals surface area contributed by atoms with Crippen molar-refractivity contribution >= 4 is 29.0 Å². The number of hydrogen-bond donors (Lipinski definition) is 1. The van der Waals surface area contributed by atoms with Gasteiger partial charge in [0.2, 0.25) is 0 Å². The van der Waals surface area contributed by atoms with Gasteiger partial charge in [-0.15, -0.1) is 5.10 Å². The van der Waals surface area contributed by atoms with E-state index >= 15 is 0 Å². The number of amides is 1. The van der Waals surface area contributed by atoms with E-state index in [4.69, 9.17) is 11.6 Å². The highest BCUT2D eigenvalue weighted by Gasteiger charge is 2.20. The molecule has 0 saturated carbocycles. The van der Waals surface area contributed by atoms with Gasteiger partial charge >= 0.3 is 0 Å². The summed E-state index contributed by atoms with van der Waals surface area (Å²) in [6.45, 7) is 2.43. The van der Waals surface area contributed by atoms with E-state index in [0.29, 0.717) is 22.9 Å². The molecule has 1 heterocycles. The predicted octanol–water partition coefficient (Wildman–Crippen LogP) is 2.79. The molecule has 0 bridgehead atoms. The van der Waals surface area contributed by atoms with Gasteiger partial charge in [0.15, 0.2) is 0 Å². The number of carbonyl (C=O) groups is 1. The molecule has 0 aliphatic carbocycles. The number of likely N-dealkylation sites (N-methyl/N-ethyl adjacent to an activating group) is 1. The van der Waals surface area contributed by atoms with Gasteiger partial charge in [-0.3, -0.25) is 4.79 Å². The van der Waals surface area contributed by atoms with Crippen molar-refractivity contribution < 1.29 is 4.79 Å². The fourth-order valence-corrected chi connectivity index (χ4v) is 3.13. The number of aromatic nitrogens is 2. The number of benzene rings is 1. The van der Waals surface area contributed by atoms with Crippen LogP contribution in [0.2, 0.25) is 5.02 Å². The van der Waals surface area contributed by atoms with Crippen LogP contribution in [-0.4, -0.2) is 41.0 Å². The number of nitrogens with one attached hydrogen (secondary N) is 1. The Hall–Kier alpha value is -1.50. The van der Waals surface area contributed by atoms with E-state index < -0.39 is 0 Å². The first-order valence-electron chi connectivity index (χ1n) is 7.04. The number of halogens is 1. The Morgan fingerprint density at radius 2 is 2.14 bits per heavy atom. The normalized spacial score (nSPS) is 12.4. The lowest BCUT2D eigenvalue weighted by Crippen LogP contribution is -2.34. The van der Waals surface area contributed by atoms with Crippen molar-refractivity contribution in [1.82, 2.24) is 19.8 Å². The third-order valence-electron chi connectivity index (χ3n) is 3.44. The van der Waals surface area contributed by atoms with Gasteiger partial charge in [-0.1, -0.05) is 41.2 Å². The molecule has 2 aromatic rings. The van der Waals surface area contributed by atoms with E-state index in [0.717, 1.165) is 22.8 Å². The van der Waals surface area contributed by atoms with Gasteiger partial charge in [-0.25, -0.2) is 0 Å². The van der Waals surface area contributed by atoms with E-state index in [-0.39, 0.29) is 11.9 Å². The zero-order valence-electron chi connectivity index (χ0n) is 12.8. The maximum absolute atomic E-state index is 12.3. The minimum Gasteiger partial charge on any atom is -0.349 e.